The predicted molar refractivity (Wildman–Crippen MR) is 65.1 cm³/mol. The van der Waals surface area contributed by atoms with Crippen LogP contribution in [0.5, 0.6) is 0 Å². The van der Waals surface area contributed by atoms with Crippen LogP contribution < -0.4 is 5.73 Å². The van der Waals surface area contributed by atoms with Gasteiger partial charge in [0.25, 0.3) is 5.91 Å². The van der Waals surface area contributed by atoms with E-state index in [1.165, 1.54) is 11.3 Å². The maximum Gasteiger partial charge on any atom is 0.274 e. The molecular weight excluding hydrogens is 222 g/mol. The van der Waals surface area contributed by atoms with Crippen LogP contribution in [0.3, 0.4) is 0 Å². The van der Waals surface area contributed by atoms with Crippen LogP contribution in [-0.4, -0.2) is 28.9 Å². The summed E-state index contributed by atoms with van der Waals surface area (Å²) in [5.74, 6) is 2.32. The molecule has 1 aromatic rings. The summed E-state index contributed by atoms with van der Waals surface area (Å²) in [7, 11) is 0. The number of carbonyl (C=O) groups is 1. The zero-order valence-electron chi connectivity index (χ0n) is 9.43. The minimum atomic E-state index is -0.144. The number of carbonyl (C=O) groups excluding carboxylic acids is 1. The summed E-state index contributed by atoms with van der Waals surface area (Å²) in [5, 5.41) is 2.49. The second-order valence-electron chi connectivity index (χ2n) is 3.38. The monoisotopic (exact) mass is 237 g/mol. The molecule has 0 radical (unpaired) electrons. The van der Waals surface area contributed by atoms with E-state index < -0.39 is 0 Å². The number of rotatable bonds is 4. The van der Waals surface area contributed by atoms with E-state index in [0.717, 1.165) is 5.01 Å². The zero-order chi connectivity index (χ0) is 12.1. The van der Waals surface area contributed by atoms with Crippen molar-refractivity contribution < 1.29 is 4.79 Å². The summed E-state index contributed by atoms with van der Waals surface area (Å²) in [5.41, 5.74) is 6.11. The highest BCUT2D eigenvalue weighted by atomic mass is 32.1. The van der Waals surface area contributed by atoms with Crippen LogP contribution >= 0.6 is 11.3 Å². The highest BCUT2D eigenvalue weighted by molar-refractivity contribution is 7.09. The Balaban J connectivity index is 2.83. The molecule has 0 bridgehead atoms. The lowest BCUT2D eigenvalue weighted by Gasteiger charge is -2.16. The Morgan fingerprint density at radius 3 is 2.94 bits per heavy atom. The molecule has 0 aliphatic carbocycles. The summed E-state index contributed by atoms with van der Waals surface area (Å²) in [6.45, 7) is 4.61. The van der Waals surface area contributed by atoms with Crippen LogP contribution in [0.2, 0.25) is 0 Å². The van der Waals surface area contributed by atoms with E-state index in [1.807, 2.05) is 13.8 Å². The van der Waals surface area contributed by atoms with Gasteiger partial charge >= 0.3 is 0 Å². The molecule has 0 fully saturated rings. The van der Waals surface area contributed by atoms with E-state index >= 15 is 0 Å². The van der Waals surface area contributed by atoms with Crippen molar-refractivity contribution in [2.45, 2.75) is 19.9 Å². The molecule has 2 N–H and O–H groups in total. The third-order valence-corrected chi connectivity index (χ3v) is 3.13. The van der Waals surface area contributed by atoms with Crippen LogP contribution in [0.4, 0.5) is 0 Å². The Kier molecular flexibility index (Phi) is 4.47. The van der Waals surface area contributed by atoms with Gasteiger partial charge in [-0.15, -0.1) is 17.8 Å². The lowest BCUT2D eigenvalue weighted by Crippen LogP contribution is -2.31. The van der Waals surface area contributed by atoms with Gasteiger partial charge in [-0.2, -0.15) is 0 Å². The Morgan fingerprint density at radius 1 is 1.81 bits per heavy atom. The number of nitrogens with zero attached hydrogens (tertiary/aromatic N) is 2. The molecule has 0 saturated heterocycles. The maximum absolute atomic E-state index is 11.9. The Hall–Kier alpha value is -1.38. The number of terminal acetylenes is 1. The molecule has 1 amide bonds. The smallest absolute Gasteiger partial charge is 0.274 e. The molecule has 16 heavy (non-hydrogen) atoms. The second-order valence-corrected chi connectivity index (χ2v) is 4.27. The fraction of sp³-hybridized carbons (Fsp3) is 0.455. The van der Waals surface area contributed by atoms with Crippen molar-refractivity contribution in [3.05, 3.63) is 16.1 Å². The standard InChI is InChI=1S/C11H15N3OS/c1-4-6-14(5-2)11(15)9-7-16-10(13-9)8(3)12/h1,7-8H,5-6,12H2,2-3H3. The van der Waals surface area contributed by atoms with E-state index in [-0.39, 0.29) is 11.9 Å². The summed E-state index contributed by atoms with van der Waals surface area (Å²) >= 11 is 1.40. The molecule has 0 aromatic carbocycles. The van der Waals surface area contributed by atoms with Gasteiger partial charge in [0.2, 0.25) is 0 Å². The van der Waals surface area contributed by atoms with E-state index in [2.05, 4.69) is 10.9 Å². The average Bonchev–Trinajstić information content (AvgIpc) is 2.74. The minimum absolute atomic E-state index is 0.136. The number of amides is 1. The molecule has 0 spiro atoms. The van der Waals surface area contributed by atoms with Crippen LogP contribution in [0.1, 0.15) is 35.4 Å². The van der Waals surface area contributed by atoms with Crippen molar-refractivity contribution in [3.63, 3.8) is 0 Å². The molecular formula is C11H15N3OS. The number of nitrogens with two attached hydrogens (primary N) is 1. The van der Waals surface area contributed by atoms with Gasteiger partial charge in [-0.25, -0.2) is 4.98 Å². The van der Waals surface area contributed by atoms with E-state index in [4.69, 9.17) is 12.2 Å². The first-order valence-electron chi connectivity index (χ1n) is 5.03. The molecule has 5 heteroatoms. The van der Waals surface area contributed by atoms with Gasteiger partial charge in [0.05, 0.1) is 12.6 Å². The summed E-state index contributed by atoms with van der Waals surface area (Å²) in [6, 6.07) is -0.144. The van der Waals surface area contributed by atoms with Gasteiger partial charge in [-0.1, -0.05) is 5.92 Å². The molecule has 1 heterocycles. The first-order chi connectivity index (χ1) is 7.60. The summed E-state index contributed by atoms with van der Waals surface area (Å²) < 4.78 is 0. The topological polar surface area (TPSA) is 59.2 Å². The van der Waals surface area contributed by atoms with Crippen molar-refractivity contribution in [1.82, 2.24) is 9.88 Å². The van der Waals surface area contributed by atoms with Gasteiger partial charge in [0.15, 0.2) is 0 Å². The number of hydrogen-bond donors (Lipinski definition) is 1. The lowest BCUT2D eigenvalue weighted by atomic mass is 10.3. The van der Waals surface area contributed by atoms with Gasteiger partial charge in [-0.05, 0) is 13.8 Å². The van der Waals surface area contributed by atoms with E-state index in [9.17, 15) is 4.79 Å². The van der Waals surface area contributed by atoms with E-state index in [0.29, 0.717) is 18.8 Å². The Labute approximate surface area is 99.5 Å². The summed E-state index contributed by atoms with van der Waals surface area (Å²) in [6.07, 6.45) is 5.19. The molecule has 0 aliphatic heterocycles. The second kappa shape index (κ2) is 5.64. The van der Waals surface area contributed by atoms with Crippen molar-refractivity contribution >= 4 is 17.2 Å². The van der Waals surface area contributed by atoms with Crippen LogP contribution in [0.15, 0.2) is 5.38 Å². The minimum Gasteiger partial charge on any atom is -0.326 e. The maximum atomic E-state index is 11.9. The molecule has 1 unspecified atom stereocenters. The van der Waals surface area contributed by atoms with Crippen molar-refractivity contribution in [3.8, 4) is 12.3 Å². The van der Waals surface area contributed by atoms with Crippen LogP contribution in [-0.2, 0) is 0 Å². The predicted octanol–water partition coefficient (Wildman–Crippen LogP) is 1.26. The van der Waals surface area contributed by atoms with Gasteiger partial charge in [0.1, 0.15) is 10.7 Å². The number of thiazole rings is 1. The fourth-order valence-corrected chi connectivity index (χ4v) is 1.95. The average molecular weight is 237 g/mol. The third-order valence-electron chi connectivity index (χ3n) is 2.08. The van der Waals surface area contributed by atoms with Gasteiger partial charge in [-0.3, -0.25) is 4.79 Å². The lowest BCUT2D eigenvalue weighted by molar-refractivity contribution is 0.0779. The molecule has 0 aliphatic rings. The largest absolute Gasteiger partial charge is 0.326 e. The quantitative estimate of drug-likeness (QED) is 0.802. The molecule has 1 atom stereocenters. The van der Waals surface area contributed by atoms with Crippen molar-refractivity contribution in [1.29, 1.82) is 0 Å². The highest BCUT2D eigenvalue weighted by Crippen LogP contribution is 2.16. The number of hydrogen-bond acceptors (Lipinski definition) is 4. The molecule has 4 nitrogen and oxygen atoms in total. The fourth-order valence-electron chi connectivity index (χ4n) is 1.19. The molecule has 86 valence electrons. The van der Waals surface area contributed by atoms with E-state index in [1.54, 1.807) is 10.3 Å². The van der Waals surface area contributed by atoms with Crippen molar-refractivity contribution in [2.75, 3.05) is 13.1 Å². The zero-order valence-corrected chi connectivity index (χ0v) is 10.3. The Bertz CT molecular complexity index is 406. The highest BCUT2D eigenvalue weighted by Gasteiger charge is 2.17. The van der Waals surface area contributed by atoms with Gasteiger partial charge in [0, 0.05) is 11.9 Å². The first-order valence-corrected chi connectivity index (χ1v) is 5.91. The SMILES string of the molecule is C#CCN(CC)C(=O)c1csc(C(C)N)n1. The van der Waals surface area contributed by atoms with Gasteiger partial charge < -0.3 is 10.6 Å². The Morgan fingerprint density at radius 2 is 2.50 bits per heavy atom. The van der Waals surface area contributed by atoms with Crippen LogP contribution in [0.25, 0.3) is 0 Å². The first kappa shape index (κ1) is 12.7. The normalized spacial score (nSPS) is 11.9. The summed E-state index contributed by atoms with van der Waals surface area (Å²) in [4.78, 5) is 17.7. The molecule has 1 rings (SSSR count). The van der Waals surface area contributed by atoms with Crippen LogP contribution in [0, 0.1) is 12.3 Å². The number of aromatic nitrogens is 1. The van der Waals surface area contributed by atoms with Crippen molar-refractivity contribution in [2.24, 2.45) is 5.73 Å². The molecule has 0 saturated carbocycles. The third kappa shape index (κ3) is 2.81. The molecule has 1 aromatic heterocycles.